The van der Waals surface area contributed by atoms with Crippen LogP contribution in [0.15, 0.2) is 0 Å². The van der Waals surface area contributed by atoms with Gasteiger partial charge in [0.15, 0.2) is 0 Å². The first-order valence-corrected chi connectivity index (χ1v) is 7.63. The summed E-state index contributed by atoms with van der Waals surface area (Å²) in [5.74, 6) is -0.174. The van der Waals surface area contributed by atoms with Crippen LogP contribution >= 0.6 is 11.8 Å². The van der Waals surface area contributed by atoms with Gasteiger partial charge < -0.3 is 15.7 Å². The molecule has 6 heteroatoms. The Bertz CT molecular complexity index is 337. The number of amides is 1. The molecule has 102 valence electrons. The first-order chi connectivity index (χ1) is 8.61. The van der Waals surface area contributed by atoms with Crippen molar-refractivity contribution in [3.8, 4) is 0 Å². The standard InChI is InChI=1S/C12H20N2O3S/c13-9-5-3-1-2-4-8(9)11(15)14-7-18-6-10(14)12(16)17/h8-10H,1-7,13H2,(H,16,17). The lowest BCUT2D eigenvalue weighted by molar-refractivity contribution is -0.149. The topological polar surface area (TPSA) is 83.6 Å². The number of nitrogens with two attached hydrogens (primary N) is 1. The van der Waals surface area contributed by atoms with Gasteiger partial charge >= 0.3 is 5.97 Å². The molecule has 2 aliphatic rings. The molecule has 5 nitrogen and oxygen atoms in total. The van der Waals surface area contributed by atoms with Crippen LogP contribution in [0.3, 0.4) is 0 Å². The number of hydrogen-bond acceptors (Lipinski definition) is 4. The molecule has 0 bridgehead atoms. The summed E-state index contributed by atoms with van der Waals surface area (Å²) >= 11 is 1.50. The predicted octanol–water partition coefficient (Wildman–Crippen LogP) is 0.880. The number of thioether (sulfide) groups is 1. The van der Waals surface area contributed by atoms with Gasteiger partial charge in [-0.3, -0.25) is 4.79 Å². The van der Waals surface area contributed by atoms with Crippen LogP contribution in [0, 0.1) is 5.92 Å². The van der Waals surface area contributed by atoms with E-state index in [1.807, 2.05) is 0 Å². The van der Waals surface area contributed by atoms with E-state index in [0.717, 1.165) is 32.1 Å². The molecule has 3 atom stereocenters. The number of carbonyl (C=O) groups excluding carboxylic acids is 1. The van der Waals surface area contributed by atoms with Gasteiger partial charge in [0, 0.05) is 11.8 Å². The van der Waals surface area contributed by atoms with Crippen molar-refractivity contribution in [3.63, 3.8) is 0 Å². The van der Waals surface area contributed by atoms with Gasteiger partial charge in [-0.15, -0.1) is 11.8 Å². The molecule has 18 heavy (non-hydrogen) atoms. The zero-order valence-corrected chi connectivity index (χ0v) is 11.2. The summed E-state index contributed by atoms with van der Waals surface area (Å²) in [7, 11) is 0. The van der Waals surface area contributed by atoms with E-state index in [-0.39, 0.29) is 17.9 Å². The lowest BCUT2D eigenvalue weighted by atomic mass is 9.93. The van der Waals surface area contributed by atoms with Gasteiger partial charge in [-0.1, -0.05) is 19.3 Å². The van der Waals surface area contributed by atoms with Gasteiger partial charge in [-0.25, -0.2) is 4.79 Å². The summed E-state index contributed by atoms with van der Waals surface area (Å²) in [6, 6.07) is -0.780. The van der Waals surface area contributed by atoms with Gasteiger partial charge in [-0.2, -0.15) is 0 Å². The summed E-state index contributed by atoms with van der Waals surface area (Å²) in [6.07, 6.45) is 4.88. The van der Waals surface area contributed by atoms with E-state index in [1.165, 1.54) is 16.7 Å². The predicted molar refractivity (Wildman–Crippen MR) is 70.1 cm³/mol. The summed E-state index contributed by atoms with van der Waals surface area (Å²) < 4.78 is 0. The maximum atomic E-state index is 12.4. The first kappa shape index (κ1) is 13.7. The molecular weight excluding hydrogens is 252 g/mol. The molecule has 1 saturated heterocycles. The fraction of sp³-hybridized carbons (Fsp3) is 0.833. The number of aliphatic carboxylic acids is 1. The Balaban J connectivity index is 2.07. The van der Waals surface area contributed by atoms with Gasteiger partial charge in [0.25, 0.3) is 0 Å². The highest BCUT2D eigenvalue weighted by Gasteiger charge is 2.39. The van der Waals surface area contributed by atoms with Crippen LogP contribution in [0.25, 0.3) is 0 Å². The monoisotopic (exact) mass is 272 g/mol. The van der Waals surface area contributed by atoms with E-state index in [2.05, 4.69) is 0 Å². The third-order valence-electron chi connectivity index (χ3n) is 3.84. The Morgan fingerprint density at radius 1 is 1.22 bits per heavy atom. The second-order valence-corrected chi connectivity index (χ2v) is 6.07. The minimum Gasteiger partial charge on any atom is -0.480 e. The average molecular weight is 272 g/mol. The molecule has 1 amide bonds. The fourth-order valence-corrected chi connectivity index (χ4v) is 3.88. The van der Waals surface area contributed by atoms with Crippen molar-refractivity contribution in [2.45, 2.75) is 44.2 Å². The molecule has 1 saturated carbocycles. The van der Waals surface area contributed by atoms with Gasteiger partial charge in [0.2, 0.25) is 5.91 Å². The molecule has 2 fully saturated rings. The Morgan fingerprint density at radius 3 is 2.67 bits per heavy atom. The molecule has 1 heterocycles. The molecule has 0 aromatic carbocycles. The van der Waals surface area contributed by atoms with Gasteiger partial charge in [-0.05, 0) is 12.8 Å². The van der Waals surface area contributed by atoms with Crippen LogP contribution in [0.5, 0.6) is 0 Å². The fourth-order valence-electron chi connectivity index (χ4n) is 2.72. The first-order valence-electron chi connectivity index (χ1n) is 6.48. The van der Waals surface area contributed by atoms with Crippen molar-refractivity contribution < 1.29 is 14.7 Å². The lowest BCUT2D eigenvalue weighted by Crippen LogP contribution is -2.48. The quantitative estimate of drug-likeness (QED) is 0.729. The van der Waals surface area contributed by atoms with Crippen molar-refractivity contribution in [1.29, 1.82) is 0 Å². The molecule has 1 aliphatic carbocycles. The molecule has 3 N–H and O–H groups in total. The maximum absolute atomic E-state index is 12.4. The SMILES string of the molecule is NC1CCCCCC1C(=O)N1CSCC1C(=O)O. The molecule has 0 radical (unpaired) electrons. The number of hydrogen-bond donors (Lipinski definition) is 2. The van der Waals surface area contributed by atoms with Crippen molar-refractivity contribution in [2.24, 2.45) is 11.7 Å². The second-order valence-electron chi connectivity index (χ2n) is 5.07. The van der Waals surface area contributed by atoms with Crippen LogP contribution in [-0.4, -0.2) is 45.6 Å². The van der Waals surface area contributed by atoms with E-state index < -0.39 is 12.0 Å². The van der Waals surface area contributed by atoms with Crippen LogP contribution < -0.4 is 5.73 Å². The summed E-state index contributed by atoms with van der Waals surface area (Å²) in [5, 5.41) is 9.11. The Kier molecular flexibility index (Phi) is 4.50. The highest BCUT2D eigenvalue weighted by molar-refractivity contribution is 7.99. The number of nitrogens with zero attached hydrogens (tertiary/aromatic N) is 1. The van der Waals surface area contributed by atoms with Gasteiger partial charge in [0.1, 0.15) is 6.04 Å². The molecule has 2 rings (SSSR count). The Labute approximate surface area is 111 Å². The number of carboxylic acids is 1. The number of rotatable bonds is 2. The summed E-state index contributed by atoms with van der Waals surface area (Å²) in [4.78, 5) is 25.1. The molecule has 0 spiro atoms. The molecule has 1 aliphatic heterocycles. The highest BCUT2D eigenvalue weighted by Crippen LogP contribution is 2.28. The van der Waals surface area contributed by atoms with Crippen molar-refractivity contribution in [2.75, 3.05) is 11.6 Å². The van der Waals surface area contributed by atoms with E-state index in [9.17, 15) is 9.59 Å². The van der Waals surface area contributed by atoms with Crippen LogP contribution in [0.1, 0.15) is 32.1 Å². The van der Waals surface area contributed by atoms with Crippen molar-refractivity contribution >= 4 is 23.6 Å². The molecule has 0 aromatic rings. The molecular formula is C12H20N2O3S. The Hall–Kier alpha value is -0.750. The maximum Gasteiger partial charge on any atom is 0.327 e. The van der Waals surface area contributed by atoms with Gasteiger partial charge in [0.05, 0.1) is 11.8 Å². The van der Waals surface area contributed by atoms with Crippen molar-refractivity contribution in [3.05, 3.63) is 0 Å². The molecule has 3 unspecified atom stereocenters. The zero-order chi connectivity index (χ0) is 13.1. The van der Waals surface area contributed by atoms with Crippen LogP contribution in [0.4, 0.5) is 0 Å². The lowest BCUT2D eigenvalue weighted by Gasteiger charge is -2.28. The van der Waals surface area contributed by atoms with E-state index in [0.29, 0.717) is 11.6 Å². The number of carbonyl (C=O) groups is 2. The normalized spacial score (nSPS) is 33.2. The summed E-state index contributed by atoms with van der Waals surface area (Å²) in [6.45, 7) is 0. The van der Waals surface area contributed by atoms with E-state index in [4.69, 9.17) is 10.8 Å². The second kappa shape index (κ2) is 5.93. The highest BCUT2D eigenvalue weighted by atomic mass is 32.2. The van der Waals surface area contributed by atoms with E-state index >= 15 is 0 Å². The van der Waals surface area contributed by atoms with E-state index in [1.54, 1.807) is 0 Å². The minimum atomic E-state index is -0.907. The minimum absolute atomic E-state index is 0.0539. The molecule has 0 aromatic heterocycles. The van der Waals surface area contributed by atoms with Crippen molar-refractivity contribution in [1.82, 2.24) is 4.90 Å². The number of carboxylic acid groups (broad SMARTS) is 1. The third kappa shape index (κ3) is 2.80. The average Bonchev–Trinajstić information content (AvgIpc) is 2.72. The largest absolute Gasteiger partial charge is 0.480 e. The summed E-state index contributed by atoms with van der Waals surface area (Å²) in [5.41, 5.74) is 6.07. The smallest absolute Gasteiger partial charge is 0.327 e. The van der Waals surface area contributed by atoms with Crippen LogP contribution in [-0.2, 0) is 9.59 Å². The third-order valence-corrected chi connectivity index (χ3v) is 4.85. The Morgan fingerprint density at radius 2 is 1.94 bits per heavy atom. The zero-order valence-electron chi connectivity index (χ0n) is 10.4. The van der Waals surface area contributed by atoms with Crippen LogP contribution in [0.2, 0.25) is 0 Å².